The number of piperidine rings is 1. The molecule has 6 heteroatoms. The van der Waals surface area contributed by atoms with Crippen molar-refractivity contribution in [1.29, 1.82) is 0 Å². The van der Waals surface area contributed by atoms with Crippen molar-refractivity contribution < 1.29 is 19.4 Å². The highest BCUT2D eigenvalue weighted by atomic mass is 16.5. The number of amides is 2. The number of rotatable bonds is 4. The van der Waals surface area contributed by atoms with E-state index < -0.39 is 12.0 Å². The van der Waals surface area contributed by atoms with Gasteiger partial charge < -0.3 is 20.1 Å². The van der Waals surface area contributed by atoms with Crippen LogP contribution in [0.2, 0.25) is 0 Å². The number of carbonyl (C=O) groups is 2. The number of hydrogen-bond acceptors (Lipinski definition) is 3. The SMILES string of the molecule is COCC1CCN(C(=O)N[C@H](C)C(=O)O)CC1. The molecular weight excluding hydrogens is 224 g/mol. The Morgan fingerprint density at radius 2 is 2.06 bits per heavy atom. The van der Waals surface area contributed by atoms with Crippen molar-refractivity contribution in [3.63, 3.8) is 0 Å². The molecule has 98 valence electrons. The van der Waals surface area contributed by atoms with Gasteiger partial charge in [0.25, 0.3) is 0 Å². The first-order valence-corrected chi connectivity index (χ1v) is 5.81. The number of carboxylic acids is 1. The van der Waals surface area contributed by atoms with E-state index in [2.05, 4.69) is 5.32 Å². The predicted octanol–water partition coefficient (Wildman–Crippen LogP) is 0.527. The van der Waals surface area contributed by atoms with Crippen LogP contribution in [0.3, 0.4) is 0 Å². The van der Waals surface area contributed by atoms with Crippen LogP contribution >= 0.6 is 0 Å². The predicted molar refractivity (Wildman–Crippen MR) is 61.8 cm³/mol. The third kappa shape index (κ3) is 4.22. The van der Waals surface area contributed by atoms with E-state index in [4.69, 9.17) is 9.84 Å². The second-order valence-corrected chi connectivity index (χ2v) is 4.40. The van der Waals surface area contributed by atoms with Crippen LogP contribution in [0.5, 0.6) is 0 Å². The van der Waals surface area contributed by atoms with Crippen LogP contribution in [-0.4, -0.2) is 54.9 Å². The molecule has 1 heterocycles. The average molecular weight is 244 g/mol. The van der Waals surface area contributed by atoms with Crippen LogP contribution in [0.15, 0.2) is 0 Å². The normalized spacial score (nSPS) is 18.8. The molecule has 1 fully saturated rings. The summed E-state index contributed by atoms with van der Waals surface area (Å²) in [4.78, 5) is 24.0. The lowest BCUT2D eigenvalue weighted by atomic mass is 9.98. The Morgan fingerprint density at radius 3 is 2.53 bits per heavy atom. The highest BCUT2D eigenvalue weighted by Crippen LogP contribution is 2.17. The monoisotopic (exact) mass is 244 g/mol. The lowest BCUT2D eigenvalue weighted by Gasteiger charge is -2.32. The molecule has 2 amide bonds. The molecule has 1 aliphatic heterocycles. The maximum absolute atomic E-state index is 11.7. The van der Waals surface area contributed by atoms with Gasteiger partial charge >= 0.3 is 12.0 Å². The smallest absolute Gasteiger partial charge is 0.325 e. The zero-order chi connectivity index (χ0) is 12.8. The average Bonchev–Trinajstić information content (AvgIpc) is 2.30. The largest absolute Gasteiger partial charge is 0.480 e. The van der Waals surface area contributed by atoms with Gasteiger partial charge in [0.2, 0.25) is 0 Å². The minimum Gasteiger partial charge on any atom is -0.480 e. The van der Waals surface area contributed by atoms with E-state index in [9.17, 15) is 9.59 Å². The first-order valence-electron chi connectivity index (χ1n) is 5.81. The van der Waals surface area contributed by atoms with E-state index >= 15 is 0 Å². The molecule has 0 spiro atoms. The molecule has 0 aromatic rings. The molecule has 2 N–H and O–H groups in total. The van der Waals surface area contributed by atoms with Gasteiger partial charge in [0, 0.05) is 26.8 Å². The van der Waals surface area contributed by atoms with E-state index in [0.29, 0.717) is 19.0 Å². The number of nitrogens with one attached hydrogen (secondary N) is 1. The van der Waals surface area contributed by atoms with Gasteiger partial charge in [-0.1, -0.05) is 0 Å². The number of aliphatic carboxylic acids is 1. The van der Waals surface area contributed by atoms with Crippen molar-refractivity contribution in [2.45, 2.75) is 25.8 Å². The Hall–Kier alpha value is -1.30. The van der Waals surface area contributed by atoms with E-state index in [1.54, 1.807) is 12.0 Å². The van der Waals surface area contributed by atoms with Crippen molar-refractivity contribution in [1.82, 2.24) is 10.2 Å². The summed E-state index contributed by atoms with van der Waals surface area (Å²) in [5.74, 6) is -0.520. The summed E-state index contributed by atoms with van der Waals surface area (Å²) in [7, 11) is 1.67. The minimum atomic E-state index is -1.02. The fourth-order valence-electron chi connectivity index (χ4n) is 1.88. The van der Waals surface area contributed by atoms with Gasteiger partial charge in [-0.2, -0.15) is 0 Å². The van der Waals surface area contributed by atoms with E-state index in [-0.39, 0.29) is 6.03 Å². The third-order valence-corrected chi connectivity index (χ3v) is 3.01. The van der Waals surface area contributed by atoms with Crippen molar-refractivity contribution >= 4 is 12.0 Å². The molecule has 1 rings (SSSR count). The Kier molecular flexibility index (Phi) is 5.21. The number of carboxylic acid groups (broad SMARTS) is 1. The zero-order valence-electron chi connectivity index (χ0n) is 10.3. The molecule has 1 saturated heterocycles. The Labute approximate surface area is 101 Å². The van der Waals surface area contributed by atoms with Crippen molar-refractivity contribution in [2.24, 2.45) is 5.92 Å². The molecule has 0 unspecified atom stereocenters. The van der Waals surface area contributed by atoms with Gasteiger partial charge in [0.1, 0.15) is 6.04 Å². The lowest BCUT2D eigenvalue weighted by Crippen LogP contribution is -2.49. The van der Waals surface area contributed by atoms with E-state index in [0.717, 1.165) is 19.4 Å². The highest BCUT2D eigenvalue weighted by molar-refractivity contribution is 5.82. The van der Waals surface area contributed by atoms with E-state index in [1.807, 2.05) is 0 Å². The van der Waals surface area contributed by atoms with Gasteiger partial charge in [-0.05, 0) is 25.7 Å². The molecule has 0 radical (unpaired) electrons. The fraction of sp³-hybridized carbons (Fsp3) is 0.818. The topological polar surface area (TPSA) is 78.9 Å². The summed E-state index contributed by atoms with van der Waals surface area (Å²) >= 11 is 0. The number of urea groups is 1. The number of likely N-dealkylation sites (tertiary alicyclic amines) is 1. The van der Waals surface area contributed by atoms with E-state index in [1.165, 1.54) is 6.92 Å². The number of hydrogen-bond donors (Lipinski definition) is 2. The molecule has 0 aromatic heterocycles. The van der Waals surface area contributed by atoms with Crippen molar-refractivity contribution in [3.8, 4) is 0 Å². The lowest BCUT2D eigenvalue weighted by molar-refractivity contribution is -0.138. The van der Waals surface area contributed by atoms with Crippen LogP contribution in [-0.2, 0) is 9.53 Å². The van der Waals surface area contributed by atoms with Gasteiger partial charge in [-0.3, -0.25) is 4.79 Å². The molecule has 6 nitrogen and oxygen atoms in total. The quantitative estimate of drug-likeness (QED) is 0.756. The molecule has 0 aromatic carbocycles. The highest BCUT2D eigenvalue weighted by Gasteiger charge is 2.24. The fourth-order valence-corrected chi connectivity index (χ4v) is 1.88. The Morgan fingerprint density at radius 1 is 1.47 bits per heavy atom. The third-order valence-electron chi connectivity index (χ3n) is 3.01. The Bertz CT molecular complexity index is 275. The second-order valence-electron chi connectivity index (χ2n) is 4.40. The van der Waals surface area contributed by atoms with Crippen molar-refractivity contribution in [2.75, 3.05) is 26.8 Å². The van der Waals surface area contributed by atoms with Crippen molar-refractivity contribution in [3.05, 3.63) is 0 Å². The first-order chi connectivity index (χ1) is 8.04. The summed E-state index contributed by atoms with van der Waals surface area (Å²) in [6, 6.07) is -1.14. The second kappa shape index (κ2) is 6.44. The number of nitrogens with zero attached hydrogens (tertiary/aromatic N) is 1. The number of carbonyl (C=O) groups excluding carboxylic acids is 1. The maximum atomic E-state index is 11.7. The van der Waals surface area contributed by atoms with Crippen LogP contribution in [0.4, 0.5) is 4.79 Å². The summed E-state index contributed by atoms with van der Waals surface area (Å²) < 4.78 is 5.08. The summed E-state index contributed by atoms with van der Waals surface area (Å²) in [6.07, 6.45) is 1.81. The molecule has 1 aliphatic rings. The van der Waals surface area contributed by atoms with Gasteiger partial charge in [-0.15, -0.1) is 0 Å². The molecule has 0 aliphatic carbocycles. The van der Waals surface area contributed by atoms with Crippen LogP contribution < -0.4 is 5.32 Å². The standard InChI is InChI=1S/C11H20N2O4/c1-8(10(14)15)12-11(16)13-5-3-9(4-6-13)7-17-2/h8-9H,3-7H2,1-2H3,(H,12,16)(H,14,15)/t8-/m1/s1. The van der Waals surface area contributed by atoms with Gasteiger partial charge in [0.05, 0.1) is 0 Å². The maximum Gasteiger partial charge on any atom is 0.325 e. The molecule has 0 bridgehead atoms. The molecule has 1 atom stereocenters. The zero-order valence-corrected chi connectivity index (χ0v) is 10.3. The summed E-state index contributed by atoms with van der Waals surface area (Å²) in [5.41, 5.74) is 0. The number of methoxy groups -OCH3 is 1. The molecular formula is C11H20N2O4. The summed E-state index contributed by atoms with van der Waals surface area (Å²) in [5, 5.41) is 11.1. The van der Waals surface area contributed by atoms with Crippen LogP contribution in [0, 0.1) is 5.92 Å². The molecule has 17 heavy (non-hydrogen) atoms. The van der Waals surface area contributed by atoms with Gasteiger partial charge in [-0.25, -0.2) is 4.79 Å². The van der Waals surface area contributed by atoms with Gasteiger partial charge in [0.15, 0.2) is 0 Å². The summed E-state index contributed by atoms with van der Waals surface area (Å²) in [6.45, 7) is 3.50. The van der Waals surface area contributed by atoms with Crippen LogP contribution in [0.1, 0.15) is 19.8 Å². The minimum absolute atomic E-state index is 0.296. The number of ether oxygens (including phenoxy) is 1. The first kappa shape index (κ1) is 13.8. The Balaban J connectivity index is 2.33. The van der Waals surface area contributed by atoms with Crippen LogP contribution in [0.25, 0.3) is 0 Å². The molecule has 0 saturated carbocycles.